The van der Waals surface area contributed by atoms with E-state index in [9.17, 15) is 18.0 Å². The number of sulfonamides is 1. The number of anilines is 2. The number of nitrogens with one attached hydrogen (secondary N) is 1. The molecular weight excluding hydrogens is 406 g/mol. The van der Waals surface area contributed by atoms with E-state index in [1.54, 1.807) is 42.5 Å². The minimum atomic E-state index is -3.57. The van der Waals surface area contributed by atoms with Gasteiger partial charge in [-0.15, -0.1) is 0 Å². The van der Waals surface area contributed by atoms with E-state index < -0.39 is 16.1 Å². The van der Waals surface area contributed by atoms with Crippen LogP contribution in [0, 0.1) is 0 Å². The summed E-state index contributed by atoms with van der Waals surface area (Å²) >= 11 is 0. The first-order valence-corrected chi connectivity index (χ1v) is 11.3. The molecule has 9 heteroatoms. The monoisotopic (exact) mass is 429 g/mol. The van der Waals surface area contributed by atoms with E-state index >= 15 is 0 Å². The summed E-state index contributed by atoms with van der Waals surface area (Å²) in [5, 5.41) is 2.74. The van der Waals surface area contributed by atoms with Crippen molar-refractivity contribution in [2.45, 2.75) is 24.2 Å². The number of rotatable bonds is 5. The van der Waals surface area contributed by atoms with Crippen molar-refractivity contribution in [1.29, 1.82) is 0 Å². The molecule has 2 saturated heterocycles. The summed E-state index contributed by atoms with van der Waals surface area (Å²) < 4.78 is 32.1. The van der Waals surface area contributed by atoms with Crippen molar-refractivity contribution in [3.8, 4) is 0 Å². The lowest BCUT2D eigenvalue weighted by Crippen LogP contribution is -2.35. The topological polar surface area (TPSA) is 96.0 Å². The molecule has 2 aromatic rings. The van der Waals surface area contributed by atoms with Crippen LogP contribution in [0.5, 0.6) is 0 Å². The summed E-state index contributed by atoms with van der Waals surface area (Å²) in [5.41, 5.74) is 1.46. The van der Waals surface area contributed by atoms with Crippen molar-refractivity contribution in [2.24, 2.45) is 0 Å². The van der Waals surface area contributed by atoms with E-state index in [0.717, 1.165) is 19.3 Å². The Balaban J connectivity index is 1.47. The molecule has 8 nitrogen and oxygen atoms in total. The summed E-state index contributed by atoms with van der Waals surface area (Å²) in [7, 11) is -3.57. The molecule has 158 valence electrons. The Hall–Kier alpha value is -2.91. The molecule has 0 bridgehead atoms. The Bertz CT molecular complexity index is 1050. The zero-order valence-corrected chi connectivity index (χ0v) is 17.2. The van der Waals surface area contributed by atoms with Gasteiger partial charge in [-0.1, -0.05) is 12.5 Å². The first kappa shape index (κ1) is 20.4. The smallest absolute Gasteiger partial charge is 0.414 e. The average Bonchev–Trinajstić information content (AvgIpc) is 3.20. The molecule has 0 aliphatic carbocycles. The lowest BCUT2D eigenvalue weighted by molar-refractivity contribution is 0.102. The number of ether oxygens (including phenoxy) is 1. The van der Waals surface area contributed by atoms with Gasteiger partial charge in [-0.25, -0.2) is 13.2 Å². The van der Waals surface area contributed by atoms with Gasteiger partial charge < -0.3 is 10.1 Å². The molecule has 2 fully saturated rings. The second-order valence-corrected chi connectivity index (χ2v) is 9.20. The minimum absolute atomic E-state index is 0.171. The standard InChI is InChI=1S/C21H23N3O5S/c25-20(16-7-9-18(10-8-16)24-13-14-29-21(24)26)22-17-5-4-6-19(15-17)30(27,28)23-11-2-1-3-12-23/h4-10,15H,1-3,11-14H2,(H,22,25). The first-order valence-electron chi connectivity index (χ1n) is 9.91. The maximum absolute atomic E-state index is 12.9. The third kappa shape index (κ3) is 4.17. The first-order chi connectivity index (χ1) is 14.4. The largest absolute Gasteiger partial charge is 0.447 e. The SMILES string of the molecule is O=C(Nc1cccc(S(=O)(=O)N2CCCCC2)c1)c1ccc(N2CCOC2=O)cc1. The van der Waals surface area contributed by atoms with E-state index in [4.69, 9.17) is 4.74 Å². The van der Waals surface area contributed by atoms with E-state index in [-0.39, 0.29) is 10.8 Å². The molecule has 0 unspecified atom stereocenters. The van der Waals surface area contributed by atoms with Gasteiger partial charge >= 0.3 is 6.09 Å². The molecule has 0 radical (unpaired) electrons. The van der Waals surface area contributed by atoms with Crippen LogP contribution in [0.15, 0.2) is 53.4 Å². The predicted octanol–water partition coefficient (Wildman–Crippen LogP) is 3.07. The maximum Gasteiger partial charge on any atom is 0.414 e. The summed E-state index contributed by atoms with van der Waals surface area (Å²) in [6, 6.07) is 12.9. The Morgan fingerprint density at radius 2 is 1.70 bits per heavy atom. The molecule has 2 aliphatic heterocycles. The van der Waals surface area contributed by atoms with Crippen molar-refractivity contribution in [3.63, 3.8) is 0 Å². The Labute approximate surface area is 175 Å². The van der Waals surface area contributed by atoms with Gasteiger partial charge in [0.2, 0.25) is 10.0 Å². The van der Waals surface area contributed by atoms with Crippen molar-refractivity contribution >= 4 is 33.4 Å². The number of cyclic esters (lactones) is 1. The van der Waals surface area contributed by atoms with Gasteiger partial charge in [-0.2, -0.15) is 4.31 Å². The average molecular weight is 429 g/mol. The van der Waals surface area contributed by atoms with Crippen LogP contribution in [0.3, 0.4) is 0 Å². The van der Waals surface area contributed by atoms with E-state index in [0.29, 0.717) is 43.2 Å². The van der Waals surface area contributed by atoms with Gasteiger partial charge in [0, 0.05) is 30.0 Å². The number of carbonyl (C=O) groups excluding carboxylic acids is 2. The number of benzene rings is 2. The predicted molar refractivity (Wildman–Crippen MR) is 112 cm³/mol. The van der Waals surface area contributed by atoms with Crippen molar-refractivity contribution in [1.82, 2.24) is 4.31 Å². The quantitative estimate of drug-likeness (QED) is 0.788. The second-order valence-electron chi connectivity index (χ2n) is 7.26. The fourth-order valence-corrected chi connectivity index (χ4v) is 5.18. The zero-order valence-electron chi connectivity index (χ0n) is 16.4. The maximum atomic E-state index is 12.9. The summed E-state index contributed by atoms with van der Waals surface area (Å²) in [6.07, 6.45) is 2.36. The molecule has 1 N–H and O–H groups in total. The second kappa shape index (κ2) is 8.45. The van der Waals surface area contributed by atoms with Crippen LogP contribution in [0.2, 0.25) is 0 Å². The van der Waals surface area contributed by atoms with Crippen LogP contribution in [0.25, 0.3) is 0 Å². The normalized spacial score (nSPS) is 17.6. The van der Waals surface area contributed by atoms with Gasteiger partial charge in [0.05, 0.1) is 11.4 Å². The number of amides is 2. The molecular formula is C21H23N3O5S. The molecule has 2 heterocycles. The van der Waals surface area contributed by atoms with Crippen LogP contribution in [0.1, 0.15) is 29.6 Å². The number of hydrogen-bond acceptors (Lipinski definition) is 5. The van der Waals surface area contributed by atoms with E-state index in [2.05, 4.69) is 5.32 Å². The van der Waals surface area contributed by atoms with Gasteiger partial charge in [0.25, 0.3) is 5.91 Å². The molecule has 4 rings (SSSR count). The van der Waals surface area contributed by atoms with E-state index in [1.165, 1.54) is 15.3 Å². The number of piperidine rings is 1. The van der Waals surface area contributed by atoms with Gasteiger partial charge in [-0.05, 0) is 55.3 Å². The highest BCUT2D eigenvalue weighted by atomic mass is 32.2. The highest BCUT2D eigenvalue weighted by molar-refractivity contribution is 7.89. The fourth-order valence-electron chi connectivity index (χ4n) is 3.61. The Morgan fingerprint density at radius 3 is 2.37 bits per heavy atom. The van der Waals surface area contributed by atoms with Crippen molar-refractivity contribution in [2.75, 3.05) is 36.5 Å². The van der Waals surface area contributed by atoms with Crippen LogP contribution in [0.4, 0.5) is 16.2 Å². The summed E-state index contributed by atoms with van der Waals surface area (Å²) in [4.78, 5) is 25.9. The summed E-state index contributed by atoms with van der Waals surface area (Å²) in [6.45, 7) is 1.87. The van der Waals surface area contributed by atoms with Crippen molar-refractivity contribution < 1.29 is 22.7 Å². The zero-order chi connectivity index (χ0) is 21.1. The minimum Gasteiger partial charge on any atom is -0.447 e. The Morgan fingerprint density at radius 1 is 0.967 bits per heavy atom. The third-order valence-corrected chi connectivity index (χ3v) is 7.14. The highest BCUT2D eigenvalue weighted by Crippen LogP contribution is 2.24. The third-order valence-electron chi connectivity index (χ3n) is 5.25. The molecule has 0 aromatic heterocycles. The van der Waals surface area contributed by atoms with Gasteiger partial charge in [0.1, 0.15) is 6.61 Å². The number of nitrogens with zero attached hydrogens (tertiary/aromatic N) is 2. The van der Waals surface area contributed by atoms with Crippen LogP contribution in [-0.2, 0) is 14.8 Å². The molecule has 2 amide bonds. The molecule has 2 aromatic carbocycles. The lowest BCUT2D eigenvalue weighted by Gasteiger charge is -2.26. The van der Waals surface area contributed by atoms with Gasteiger partial charge in [0.15, 0.2) is 0 Å². The molecule has 30 heavy (non-hydrogen) atoms. The van der Waals surface area contributed by atoms with Crippen LogP contribution in [-0.4, -0.2) is 51.0 Å². The van der Waals surface area contributed by atoms with Crippen molar-refractivity contribution in [3.05, 3.63) is 54.1 Å². The van der Waals surface area contributed by atoms with E-state index in [1.807, 2.05) is 0 Å². The summed E-state index contributed by atoms with van der Waals surface area (Å²) in [5.74, 6) is -0.363. The van der Waals surface area contributed by atoms with Crippen LogP contribution >= 0.6 is 0 Å². The highest BCUT2D eigenvalue weighted by Gasteiger charge is 2.26. The molecule has 0 spiro atoms. The molecule has 0 saturated carbocycles. The Kier molecular flexibility index (Phi) is 5.74. The molecule has 2 aliphatic rings. The fraction of sp³-hybridized carbons (Fsp3) is 0.333. The number of carbonyl (C=O) groups is 2. The lowest BCUT2D eigenvalue weighted by atomic mass is 10.1. The van der Waals surface area contributed by atoms with Gasteiger partial charge in [-0.3, -0.25) is 9.69 Å². The van der Waals surface area contributed by atoms with Crippen LogP contribution < -0.4 is 10.2 Å². The number of hydrogen-bond donors (Lipinski definition) is 1. The molecule has 0 atom stereocenters.